The minimum atomic E-state index is -0.184. The number of benzene rings is 1. The maximum absolute atomic E-state index is 12.2. The van der Waals surface area contributed by atoms with Gasteiger partial charge < -0.3 is 15.2 Å². The summed E-state index contributed by atoms with van der Waals surface area (Å²) in [7, 11) is 0. The zero-order chi connectivity index (χ0) is 15.2. The SMILES string of the molecule is CCc1cccc(C)c1NC(=O)CN1CCOC(CO)C1. The summed E-state index contributed by atoms with van der Waals surface area (Å²) in [6.07, 6.45) is 0.706. The Morgan fingerprint density at radius 3 is 3.05 bits per heavy atom. The van der Waals surface area contributed by atoms with E-state index in [0.717, 1.165) is 29.8 Å². The Labute approximate surface area is 125 Å². The molecule has 21 heavy (non-hydrogen) atoms. The Hall–Kier alpha value is -1.43. The summed E-state index contributed by atoms with van der Waals surface area (Å²) in [5.41, 5.74) is 3.16. The van der Waals surface area contributed by atoms with Crippen LogP contribution in [0.5, 0.6) is 0 Å². The van der Waals surface area contributed by atoms with Crippen LogP contribution in [0, 0.1) is 6.92 Å². The number of amides is 1. The number of aryl methyl sites for hydroxylation is 2. The largest absolute Gasteiger partial charge is 0.394 e. The first-order valence-electron chi connectivity index (χ1n) is 7.47. The van der Waals surface area contributed by atoms with Crippen molar-refractivity contribution in [2.75, 3.05) is 38.2 Å². The summed E-state index contributed by atoms with van der Waals surface area (Å²) in [5.74, 6) is -0.0161. The van der Waals surface area contributed by atoms with Crippen molar-refractivity contribution in [3.63, 3.8) is 0 Å². The van der Waals surface area contributed by atoms with Crippen molar-refractivity contribution in [3.8, 4) is 0 Å². The summed E-state index contributed by atoms with van der Waals surface area (Å²) >= 11 is 0. The molecular weight excluding hydrogens is 268 g/mol. The molecule has 1 aromatic carbocycles. The van der Waals surface area contributed by atoms with Gasteiger partial charge in [-0.3, -0.25) is 9.69 Å². The zero-order valence-corrected chi connectivity index (χ0v) is 12.8. The van der Waals surface area contributed by atoms with Crippen molar-refractivity contribution in [2.24, 2.45) is 0 Å². The van der Waals surface area contributed by atoms with Crippen LogP contribution in [-0.4, -0.2) is 54.9 Å². The average Bonchev–Trinajstić information content (AvgIpc) is 2.49. The van der Waals surface area contributed by atoms with Gasteiger partial charge in [0.15, 0.2) is 0 Å². The van der Waals surface area contributed by atoms with E-state index in [1.54, 1.807) is 0 Å². The minimum absolute atomic E-state index is 0.00407. The van der Waals surface area contributed by atoms with Gasteiger partial charge in [0.05, 0.1) is 25.9 Å². The van der Waals surface area contributed by atoms with E-state index in [9.17, 15) is 4.79 Å². The highest BCUT2D eigenvalue weighted by atomic mass is 16.5. The second-order valence-corrected chi connectivity index (χ2v) is 5.42. The molecule has 0 radical (unpaired) electrons. The minimum Gasteiger partial charge on any atom is -0.394 e. The van der Waals surface area contributed by atoms with E-state index < -0.39 is 0 Å². The molecule has 1 amide bonds. The van der Waals surface area contributed by atoms with Crippen LogP contribution in [0.1, 0.15) is 18.1 Å². The third kappa shape index (κ3) is 4.27. The molecule has 1 aliphatic rings. The maximum Gasteiger partial charge on any atom is 0.238 e. The molecule has 0 aliphatic carbocycles. The summed E-state index contributed by atoms with van der Waals surface area (Å²) in [5, 5.41) is 12.2. The molecule has 5 heteroatoms. The van der Waals surface area contributed by atoms with Crippen molar-refractivity contribution in [3.05, 3.63) is 29.3 Å². The van der Waals surface area contributed by atoms with Gasteiger partial charge in [-0.15, -0.1) is 0 Å². The van der Waals surface area contributed by atoms with Gasteiger partial charge in [-0.05, 0) is 24.5 Å². The van der Waals surface area contributed by atoms with E-state index in [2.05, 4.69) is 12.2 Å². The Kier molecular flexibility index (Phi) is 5.73. The number of hydrogen-bond donors (Lipinski definition) is 2. The topological polar surface area (TPSA) is 61.8 Å². The third-order valence-electron chi connectivity index (χ3n) is 3.80. The number of rotatable bonds is 5. The van der Waals surface area contributed by atoms with Crippen LogP contribution < -0.4 is 5.32 Å². The third-order valence-corrected chi connectivity index (χ3v) is 3.80. The smallest absolute Gasteiger partial charge is 0.238 e. The van der Waals surface area contributed by atoms with Crippen LogP contribution in [0.2, 0.25) is 0 Å². The van der Waals surface area contributed by atoms with E-state index in [1.165, 1.54) is 0 Å². The number of hydrogen-bond acceptors (Lipinski definition) is 4. The summed E-state index contributed by atoms with van der Waals surface area (Å²) < 4.78 is 5.39. The number of aliphatic hydroxyl groups is 1. The molecule has 1 fully saturated rings. The molecule has 1 heterocycles. The lowest BCUT2D eigenvalue weighted by Gasteiger charge is -2.31. The average molecular weight is 292 g/mol. The molecule has 1 aliphatic heterocycles. The molecule has 1 atom stereocenters. The number of carbonyl (C=O) groups is 1. The van der Waals surface area contributed by atoms with E-state index in [4.69, 9.17) is 9.84 Å². The Bertz CT molecular complexity index is 490. The fraction of sp³-hybridized carbons (Fsp3) is 0.562. The summed E-state index contributed by atoms with van der Waals surface area (Å²) in [6, 6.07) is 6.06. The van der Waals surface area contributed by atoms with Gasteiger partial charge in [0.1, 0.15) is 0 Å². The van der Waals surface area contributed by atoms with Gasteiger partial charge in [0, 0.05) is 18.8 Å². The van der Waals surface area contributed by atoms with Crippen LogP contribution >= 0.6 is 0 Å². The van der Waals surface area contributed by atoms with Gasteiger partial charge in [0.2, 0.25) is 5.91 Å². The number of anilines is 1. The molecule has 0 spiro atoms. The van der Waals surface area contributed by atoms with Crippen LogP contribution in [-0.2, 0) is 16.0 Å². The van der Waals surface area contributed by atoms with Gasteiger partial charge in [-0.1, -0.05) is 25.1 Å². The van der Waals surface area contributed by atoms with Gasteiger partial charge in [-0.25, -0.2) is 0 Å². The molecule has 116 valence electrons. The molecule has 0 aromatic heterocycles. The van der Waals surface area contributed by atoms with Crippen LogP contribution in [0.3, 0.4) is 0 Å². The lowest BCUT2D eigenvalue weighted by Crippen LogP contribution is -2.46. The lowest BCUT2D eigenvalue weighted by atomic mass is 10.1. The predicted molar refractivity (Wildman–Crippen MR) is 82.5 cm³/mol. The van der Waals surface area contributed by atoms with Gasteiger partial charge >= 0.3 is 0 Å². The first-order chi connectivity index (χ1) is 10.1. The molecule has 2 N–H and O–H groups in total. The quantitative estimate of drug-likeness (QED) is 0.856. The van der Waals surface area contributed by atoms with Crippen molar-refractivity contribution >= 4 is 11.6 Å². The van der Waals surface area contributed by atoms with Crippen LogP contribution in [0.15, 0.2) is 18.2 Å². The normalized spacial score (nSPS) is 19.5. The van der Waals surface area contributed by atoms with E-state index in [-0.39, 0.29) is 18.6 Å². The number of ether oxygens (including phenoxy) is 1. The Balaban J connectivity index is 1.96. The molecule has 0 bridgehead atoms. The van der Waals surface area contributed by atoms with E-state index in [0.29, 0.717) is 19.7 Å². The lowest BCUT2D eigenvalue weighted by molar-refractivity contribution is -0.120. The molecule has 1 aromatic rings. The Morgan fingerprint density at radius 1 is 1.52 bits per heavy atom. The number of carbonyl (C=O) groups excluding carboxylic acids is 1. The van der Waals surface area contributed by atoms with E-state index >= 15 is 0 Å². The van der Waals surface area contributed by atoms with Gasteiger partial charge in [-0.2, -0.15) is 0 Å². The highest BCUT2D eigenvalue weighted by molar-refractivity contribution is 5.93. The predicted octanol–water partition coefficient (Wildman–Crippen LogP) is 1.19. The van der Waals surface area contributed by atoms with Crippen molar-refractivity contribution < 1.29 is 14.6 Å². The molecule has 0 saturated carbocycles. The second-order valence-electron chi connectivity index (χ2n) is 5.42. The highest BCUT2D eigenvalue weighted by Crippen LogP contribution is 2.21. The number of nitrogens with zero attached hydrogens (tertiary/aromatic N) is 1. The maximum atomic E-state index is 12.2. The monoisotopic (exact) mass is 292 g/mol. The Morgan fingerprint density at radius 2 is 2.33 bits per heavy atom. The molecule has 5 nitrogen and oxygen atoms in total. The number of morpholine rings is 1. The number of para-hydroxylation sites is 1. The number of nitrogens with one attached hydrogen (secondary N) is 1. The van der Waals surface area contributed by atoms with E-state index in [1.807, 2.05) is 30.0 Å². The fourth-order valence-corrected chi connectivity index (χ4v) is 2.62. The van der Waals surface area contributed by atoms with Crippen LogP contribution in [0.4, 0.5) is 5.69 Å². The first kappa shape index (κ1) is 15.9. The summed E-state index contributed by atoms with van der Waals surface area (Å²) in [4.78, 5) is 14.3. The molecule has 1 saturated heterocycles. The number of aliphatic hydroxyl groups excluding tert-OH is 1. The summed E-state index contributed by atoms with van der Waals surface area (Å²) in [6.45, 7) is 6.29. The van der Waals surface area contributed by atoms with Crippen molar-refractivity contribution in [1.29, 1.82) is 0 Å². The standard InChI is InChI=1S/C16H24N2O3/c1-3-13-6-4-5-12(2)16(13)17-15(20)10-18-7-8-21-14(9-18)11-19/h4-6,14,19H,3,7-11H2,1-2H3,(H,17,20). The van der Waals surface area contributed by atoms with Crippen molar-refractivity contribution in [2.45, 2.75) is 26.4 Å². The van der Waals surface area contributed by atoms with Gasteiger partial charge in [0.25, 0.3) is 0 Å². The first-order valence-corrected chi connectivity index (χ1v) is 7.47. The second kappa shape index (κ2) is 7.54. The molecule has 2 rings (SSSR count). The zero-order valence-electron chi connectivity index (χ0n) is 12.8. The fourth-order valence-electron chi connectivity index (χ4n) is 2.62. The van der Waals surface area contributed by atoms with Crippen LogP contribution in [0.25, 0.3) is 0 Å². The highest BCUT2D eigenvalue weighted by Gasteiger charge is 2.21. The van der Waals surface area contributed by atoms with Crippen molar-refractivity contribution in [1.82, 2.24) is 4.90 Å². The molecule has 1 unspecified atom stereocenters. The molecular formula is C16H24N2O3.